The molecule has 0 radical (unpaired) electrons. The van der Waals surface area contributed by atoms with E-state index in [4.69, 9.17) is 8.83 Å². The van der Waals surface area contributed by atoms with E-state index in [2.05, 4.69) is 20.8 Å². The standard InChI is InChI=1S/C10H16O3/c1-5-10(3,4)6-8-7(2)12-9(11)13-8/h5-6H2,1-4H3. The number of aryl methyl sites for hydroxylation is 1. The topological polar surface area (TPSA) is 43.4 Å². The zero-order valence-electron chi connectivity index (χ0n) is 8.64. The summed E-state index contributed by atoms with van der Waals surface area (Å²) in [4.78, 5) is 10.8. The molecule has 0 atom stereocenters. The van der Waals surface area contributed by atoms with E-state index in [0.29, 0.717) is 11.5 Å². The van der Waals surface area contributed by atoms with Crippen molar-refractivity contribution in [3.63, 3.8) is 0 Å². The number of hydrogen-bond donors (Lipinski definition) is 0. The fourth-order valence-electron chi connectivity index (χ4n) is 1.10. The molecule has 0 unspecified atom stereocenters. The Hall–Kier alpha value is -0.990. The van der Waals surface area contributed by atoms with Crippen molar-refractivity contribution in [2.75, 3.05) is 0 Å². The first-order valence-corrected chi connectivity index (χ1v) is 4.54. The van der Waals surface area contributed by atoms with Crippen molar-refractivity contribution in [3.05, 3.63) is 22.1 Å². The van der Waals surface area contributed by atoms with Crippen molar-refractivity contribution in [1.82, 2.24) is 0 Å². The van der Waals surface area contributed by atoms with Crippen LogP contribution in [0.4, 0.5) is 0 Å². The van der Waals surface area contributed by atoms with Gasteiger partial charge in [-0.1, -0.05) is 27.2 Å². The maximum atomic E-state index is 10.8. The van der Waals surface area contributed by atoms with E-state index in [0.717, 1.165) is 12.8 Å². The van der Waals surface area contributed by atoms with Gasteiger partial charge in [-0.2, -0.15) is 0 Å². The van der Waals surface area contributed by atoms with Crippen LogP contribution in [0.25, 0.3) is 0 Å². The molecule has 1 rings (SSSR count). The van der Waals surface area contributed by atoms with Crippen LogP contribution in [0.1, 0.15) is 38.7 Å². The molecule has 0 N–H and O–H groups in total. The molecule has 13 heavy (non-hydrogen) atoms. The van der Waals surface area contributed by atoms with Crippen molar-refractivity contribution < 1.29 is 8.83 Å². The van der Waals surface area contributed by atoms with Crippen LogP contribution in [-0.4, -0.2) is 0 Å². The van der Waals surface area contributed by atoms with Crippen LogP contribution in [-0.2, 0) is 6.42 Å². The summed E-state index contributed by atoms with van der Waals surface area (Å²) >= 11 is 0. The lowest BCUT2D eigenvalue weighted by Crippen LogP contribution is -2.13. The Bertz CT molecular complexity index is 330. The van der Waals surface area contributed by atoms with Gasteiger partial charge in [0.15, 0.2) is 0 Å². The highest BCUT2D eigenvalue weighted by Crippen LogP contribution is 2.26. The minimum absolute atomic E-state index is 0.157. The van der Waals surface area contributed by atoms with Crippen LogP contribution in [0.3, 0.4) is 0 Å². The van der Waals surface area contributed by atoms with Crippen LogP contribution in [0, 0.1) is 12.3 Å². The van der Waals surface area contributed by atoms with Crippen LogP contribution in [0.5, 0.6) is 0 Å². The Labute approximate surface area is 77.7 Å². The van der Waals surface area contributed by atoms with E-state index in [9.17, 15) is 4.79 Å². The van der Waals surface area contributed by atoms with Gasteiger partial charge in [-0.05, 0) is 12.3 Å². The Kier molecular flexibility index (Phi) is 2.64. The molecule has 0 amide bonds. The van der Waals surface area contributed by atoms with E-state index in [1.807, 2.05) is 0 Å². The first-order chi connectivity index (χ1) is 5.94. The molecule has 0 saturated carbocycles. The van der Waals surface area contributed by atoms with Crippen molar-refractivity contribution in [1.29, 1.82) is 0 Å². The Morgan fingerprint density at radius 2 is 1.92 bits per heavy atom. The van der Waals surface area contributed by atoms with Crippen molar-refractivity contribution >= 4 is 0 Å². The molecule has 1 aromatic rings. The molecule has 0 saturated heterocycles. The Morgan fingerprint density at radius 3 is 2.31 bits per heavy atom. The maximum absolute atomic E-state index is 10.8. The minimum atomic E-state index is -0.598. The molecule has 0 aromatic carbocycles. The largest absolute Gasteiger partial charge is 0.519 e. The summed E-state index contributed by atoms with van der Waals surface area (Å²) in [5.74, 6) is 0.683. The van der Waals surface area contributed by atoms with Gasteiger partial charge in [-0.15, -0.1) is 0 Å². The van der Waals surface area contributed by atoms with E-state index in [1.54, 1.807) is 6.92 Å². The summed E-state index contributed by atoms with van der Waals surface area (Å²) in [5, 5.41) is 0. The molecule has 0 aliphatic carbocycles. The summed E-state index contributed by atoms with van der Waals surface area (Å²) in [6.45, 7) is 8.15. The molecule has 3 nitrogen and oxygen atoms in total. The second kappa shape index (κ2) is 3.40. The van der Waals surface area contributed by atoms with E-state index in [-0.39, 0.29) is 5.41 Å². The molecule has 0 spiro atoms. The highest BCUT2D eigenvalue weighted by molar-refractivity contribution is 5.03. The average Bonchev–Trinajstić information content (AvgIpc) is 2.30. The van der Waals surface area contributed by atoms with Gasteiger partial charge in [0.05, 0.1) is 0 Å². The summed E-state index contributed by atoms with van der Waals surface area (Å²) in [6.07, 6.45) is 1.79. The normalized spacial score (nSPS) is 12.0. The predicted molar refractivity (Wildman–Crippen MR) is 49.8 cm³/mol. The summed E-state index contributed by atoms with van der Waals surface area (Å²) in [5.41, 5.74) is 0.157. The summed E-state index contributed by atoms with van der Waals surface area (Å²) < 4.78 is 9.71. The lowest BCUT2D eigenvalue weighted by atomic mass is 9.85. The summed E-state index contributed by atoms with van der Waals surface area (Å²) in [6, 6.07) is 0. The third-order valence-electron chi connectivity index (χ3n) is 2.43. The van der Waals surface area contributed by atoms with Crippen LogP contribution < -0.4 is 5.82 Å². The van der Waals surface area contributed by atoms with E-state index >= 15 is 0 Å². The molecular weight excluding hydrogens is 168 g/mol. The first-order valence-electron chi connectivity index (χ1n) is 4.54. The zero-order valence-corrected chi connectivity index (χ0v) is 8.64. The monoisotopic (exact) mass is 184 g/mol. The minimum Gasteiger partial charge on any atom is -0.396 e. The molecule has 1 aromatic heterocycles. The van der Waals surface area contributed by atoms with Gasteiger partial charge in [0, 0.05) is 6.42 Å². The maximum Gasteiger partial charge on any atom is 0.519 e. The van der Waals surface area contributed by atoms with Crippen molar-refractivity contribution in [2.45, 2.75) is 40.5 Å². The lowest BCUT2D eigenvalue weighted by Gasteiger charge is -2.20. The quantitative estimate of drug-likeness (QED) is 0.725. The van der Waals surface area contributed by atoms with Gasteiger partial charge in [0.25, 0.3) is 0 Å². The molecular formula is C10H16O3. The van der Waals surface area contributed by atoms with Gasteiger partial charge in [-0.3, -0.25) is 0 Å². The molecule has 1 heterocycles. The highest BCUT2D eigenvalue weighted by Gasteiger charge is 2.20. The summed E-state index contributed by atoms with van der Waals surface area (Å²) in [7, 11) is 0. The van der Waals surface area contributed by atoms with Gasteiger partial charge in [-0.25, -0.2) is 4.79 Å². The zero-order chi connectivity index (χ0) is 10.1. The molecule has 0 aliphatic heterocycles. The van der Waals surface area contributed by atoms with Gasteiger partial charge in [0.2, 0.25) is 0 Å². The number of hydrogen-bond acceptors (Lipinski definition) is 3. The van der Waals surface area contributed by atoms with Crippen molar-refractivity contribution in [3.8, 4) is 0 Å². The Morgan fingerprint density at radius 1 is 1.31 bits per heavy atom. The number of rotatable bonds is 3. The van der Waals surface area contributed by atoms with Crippen LogP contribution in [0.15, 0.2) is 13.6 Å². The fourth-order valence-corrected chi connectivity index (χ4v) is 1.10. The second-order valence-corrected chi connectivity index (χ2v) is 4.13. The molecule has 0 aliphatic rings. The Balaban J connectivity index is 2.85. The third-order valence-corrected chi connectivity index (χ3v) is 2.43. The highest BCUT2D eigenvalue weighted by atomic mass is 16.6. The SMILES string of the molecule is CCC(C)(C)Cc1oc(=O)oc1C. The molecule has 0 fully saturated rings. The third kappa shape index (κ3) is 2.47. The van der Waals surface area contributed by atoms with Crippen LogP contribution in [0.2, 0.25) is 0 Å². The fraction of sp³-hybridized carbons (Fsp3) is 0.700. The molecule has 0 bridgehead atoms. The van der Waals surface area contributed by atoms with Gasteiger partial charge in [0.1, 0.15) is 11.5 Å². The molecule has 74 valence electrons. The van der Waals surface area contributed by atoms with E-state index < -0.39 is 5.82 Å². The van der Waals surface area contributed by atoms with Gasteiger partial charge >= 0.3 is 5.82 Å². The predicted octanol–water partition coefficient (Wildman–Crippen LogP) is 2.52. The van der Waals surface area contributed by atoms with Crippen molar-refractivity contribution in [2.24, 2.45) is 5.41 Å². The van der Waals surface area contributed by atoms with E-state index in [1.165, 1.54) is 0 Å². The average molecular weight is 184 g/mol. The molecule has 3 heteroatoms. The second-order valence-electron chi connectivity index (χ2n) is 4.13. The van der Waals surface area contributed by atoms with Crippen LogP contribution >= 0.6 is 0 Å². The first kappa shape index (κ1) is 10.1. The van der Waals surface area contributed by atoms with Gasteiger partial charge < -0.3 is 8.83 Å². The lowest BCUT2D eigenvalue weighted by molar-refractivity contribution is 0.305. The smallest absolute Gasteiger partial charge is 0.396 e.